The van der Waals surface area contributed by atoms with Crippen molar-refractivity contribution in [1.29, 1.82) is 0 Å². The summed E-state index contributed by atoms with van der Waals surface area (Å²) in [6, 6.07) is 29.2. The third-order valence-electron chi connectivity index (χ3n) is 5.88. The molecule has 1 saturated heterocycles. The maximum absolute atomic E-state index is 11.9. The van der Waals surface area contributed by atoms with E-state index in [-0.39, 0.29) is 19.8 Å². The van der Waals surface area contributed by atoms with Crippen molar-refractivity contribution in [2.24, 2.45) is 0 Å². The first kappa shape index (κ1) is 26.0. The first-order valence-electron chi connectivity index (χ1n) is 12.0. The molecule has 5 atom stereocenters. The predicted molar refractivity (Wildman–Crippen MR) is 133 cm³/mol. The molecule has 0 saturated carbocycles. The molecule has 0 aliphatic carbocycles. The third-order valence-corrected chi connectivity index (χ3v) is 5.88. The summed E-state index contributed by atoms with van der Waals surface area (Å²) in [4.78, 5) is 11.9. The first-order chi connectivity index (χ1) is 17.6. The van der Waals surface area contributed by atoms with Crippen LogP contribution in [0.25, 0.3) is 0 Å². The molecule has 1 aliphatic heterocycles. The van der Waals surface area contributed by atoms with Crippen LogP contribution in [0.2, 0.25) is 0 Å². The number of aliphatic hydroxyl groups excluding tert-OH is 1. The number of carbonyl (C=O) groups excluding carboxylic acids is 1. The molecule has 1 aliphatic rings. The summed E-state index contributed by atoms with van der Waals surface area (Å²) < 4.78 is 29.8. The Hall–Kier alpha value is -3.07. The van der Waals surface area contributed by atoms with Gasteiger partial charge in [-0.25, -0.2) is 0 Å². The second kappa shape index (κ2) is 13.3. The van der Waals surface area contributed by atoms with Crippen molar-refractivity contribution in [3.63, 3.8) is 0 Å². The molecular formula is C29H32O7. The molecular weight excluding hydrogens is 460 g/mol. The molecule has 1 fully saturated rings. The van der Waals surface area contributed by atoms with E-state index in [0.29, 0.717) is 6.61 Å². The number of carbonyl (C=O) groups is 1. The Morgan fingerprint density at radius 1 is 0.722 bits per heavy atom. The van der Waals surface area contributed by atoms with Gasteiger partial charge in [0.25, 0.3) is 0 Å². The van der Waals surface area contributed by atoms with Crippen LogP contribution in [-0.2, 0) is 48.3 Å². The van der Waals surface area contributed by atoms with Gasteiger partial charge in [0.1, 0.15) is 18.3 Å². The molecule has 7 heteroatoms. The van der Waals surface area contributed by atoms with Crippen LogP contribution in [0.1, 0.15) is 23.6 Å². The highest BCUT2D eigenvalue weighted by molar-refractivity contribution is 5.66. The molecule has 0 spiro atoms. The van der Waals surface area contributed by atoms with Gasteiger partial charge in [-0.05, 0) is 16.7 Å². The van der Waals surface area contributed by atoms with Gasteiger partial charge < -0.3 is 28.8 Å². The van der Waals surface area contributed by atoms with Crippen molar-refractivity contribution < 1.29 is 33.6 Å². The van der Waals surface area contributed by atoms with Gasteiger partial charge in [-0.15, -0.1) is 0 Å². The Bertz CT molecular complexity index is 1040. The molecule has 0 aromatic heterocycles. The zero-order valence-corrected chi connectivity index (χ0v) is 20.3. The summed E-state index contributed by atoms with van der Waals surface area (Å²) in [5, 5.41) is 10.8. The largest absolute Gasteiger partial charge is 0.454 e. The van der Waals surface area contributed by atoms with E-state index in [9.17, 15) is 9.90 Å². The van der Waals surface area contributed by atoms with Crippen molar-refractivity contribution >= 4 is 5.97 Å². The molecule has 0 amide bonds. The lowest BCUT2D eigenvalue weighted by molar-refractivity contribution is -0.309. The van der Waals surface area contributed by atoms with Gasteiger partial charge in [0.15, 0.2) is 12.4 Å². The van der Waals surface area contributed by atoms with Crippen LogP contribution in [0.15, 0.2) is 91.0 Å². The Labute approximate surface area is 211 Å². The molecule has 0 bridgehead atoms. The van der Waals surface area contributed by atoms with Gasteiger partial charge in [0.05, 0.1) is 26.4 Å². The zero-order valence-electron chi connectivity index (χ0n) is 20.3. The minimum absolute atomic E-state index is 0.156. The SMILES string of the molecule is CC(=O)OC1C(O)OC(COCc2ccccc2)[C@H](OCc2ccccc2)[C@H]1OCc1ccccc1. The summed E-state index contributed by atoms with van der Waals surface area (Å²) >= 11 is 0. The molecule has 3 unspecified atom stereocenters. The molecule has 3 aromatic rings. The number of hydrogen-bond donors (Lipinski definition) is 1. The first-order valence-corrected chi connectivity index (χ1v) is 12.0. The average Bonchev–Trinajstić information content (AvgIpc) is 2.90. The van der Waals surface area contributed by atoms with Crippen LogP contribution in [0, 0.1) is 0 Å². The lowest BCUT2D eigenvalue weighted by atomic mass is 9.98. The van der Waals surface area contributed by atoms with E-state index in [1.807, 2.05) is 91.0 Å². The maximum atomic E-state index is 11.9. The molecule has 190 valence electrons. The van der Waals surface area contributed by atoms with E-state index in [1.165, 1.54) is 6.92 Å². The van der Waals surface area contributed by atoms with Crippen molar-refractivity contribution in [3.05, 3.63) is 108 Å². The van der Waals surface area contributed by atoms with Gasteiger partial charge >= 0.3 is 5.97 Å². The highest BCUT2D eigenvalue weighted by Gasteiger charge is 2.49. The molecule has 36 heavy (non-hydrogen) atoms. The fourth-order valence-corrected chi connectivity index (χ4v) is 4.14. The maximum Gasteiger partial charge on any atom is 0.303 e. The predicted octanol–water partition coefficient (Wildman–Crippen LogP) is 4.02. The van der Waals surface area contributed by atoms with E-state index >= 15 is 0 Å². The van der Waals surface area contributed by atoms with Crippen LogP contribution >= 0.6 is 0 Å². The van der Waals surface area contributed by atoms with Crippen LogP contribution in [0.3, 0.4) is 0 Å². The quantitative estimate of drug-likeness (QED) is 0.405. The number of esters is 1. The minimum Gasteiger partial charge on any atom is -0.454 e. The molecule has 7 nitrogen and oxygen atoms in total. The van der Waals surface area contributed by atoms with E-state index in [1.54, 1.807) is 0 Å². The zero-order chi connectivity index (χ0) is 25.2. The number of benzene rings is 3. The Morgan fingerprint density at radius 3 is 1.69 bits per heavy atom. The normalized spacial score (nSPS) is 23.8. The summed E-state index contributed by atoms with van der Waals surface area (Å²) in [6.45, 7) is 2.36. The Kier molecular flexibility index (Phi) is 9.61. The lowest BCUT2D eigenvalue weighted by Gasteiger charge is -2.44. The standard InChI is InChI=1S/C29H32O7/c1-21(30)35-28-27(34-19-24-15-9-4-10-16-24)26(33-18-23-13-7-3-8-14-23)25(36-29(28)31)20-32-17-22-11-5-2-6-12-22/h2-16,25-29,31H,17-20H2,1H3/t25?,26-,27+,28?,29?/m0/s1. The van der Waals surface area contributed by atoms with E-state index in [4.69, 9.17) is 23.7 Å². The molecule has 0 radical (unpaired) electrons. The second-order valence-electron chi connectivity index (χ2n) is 8.66. The average molecular weight is 493 g/mol. The minimum atomic E-state index is -1.39. The lowest BCUT2D eigenvalue weighted by Crippen LogP contribution is -2.61. The van der Waals surface area contributed by atoms with E-state index < -0.39 is 36.7 Å². The summed E-state index contributed by atoms with van der Waals surface area (Å²) in [5.74, 6) is -0.545. The van der Waals surface area contributed by atoms with Crippen molar-refractivity contribution in [2.75, 3.05) is 6.61 Å². The highest BCUT2D eigenvalue weighted by Crippen LogP contribution is 2.29. The van der Waals surface area contributed by atoms with E-state index in [0.717, 1.165) is 16.7 Å². The summed E-state index contributed by atoms with van der Waals surface area (Å²) in [7, 11) is 0. The highest BCUT2D eigenvalue weighted by atomic mass is 16.7. The van der Waals surface area contributed by atoms with Crippen molar-refractivity contribution in [2.45, 2.75) is 57.5 Å². The summed E-state index contributed by atoms with van der Waals surface area (Å²) in [6.07, 6.45) is -4.56. The van der Waals surface area contributed by atoms with Gasteiger partial charge in [-0.3, -0.25) is 4.79 Å². The monoisotopic (exact) mass is 492 g/mol. The fraction of sp³-hybridized carbons (Fsp3) is 0.345. The molecule has 1 heterocycles. The second-order valence-corrected chi connectivity index (χ2v) is 8.66. The van der Waals surface area contributed by atoms with Gasteiger partial charge in [0, 0.05) is 6.92 Å². The van der Waals surface area contributed by atoms with Gasteiger partial charge in [-0.1, -0.05) is 91.0 Å². The summed E-state index contributed by atoms with van der Waals surface area (Å²) in [5.41, 5.74) is 2.93. The van der Waals surface area contributed by atoms with Crippen LogP contribution < -0.4 is 0 Å². The topological polar surface area (TPSA) is 83.5 Å². The number of aliphatic hydroxyl groups is 1. The Balaban J connectivity index is 1.53. The van der Waals surface area contributed by atoms with Gasteiger partial charge in [0.2, 0.25) is 0 Å². The molecule has 1 N–H and O–H groups in total. The van der Waals surface area contributed by atoms with Crippen molar-refractivity contribution in [3.8, 4) is 0 Å². The smallest absolute Gasteiger partial charge is 0.303 e. The van der Waals surface area contributed by atoms with E-state index in [2.05, 4.69) is 0 Å². The van der Waals surface area contributed by atoms with Gasteiger partial charge in [-0.2, -0.15) is 0 Å². The number of rotatable bonds is 11. The molecule has 3 aromatic carbocycles. The van der Waals surface area contributed by atoms with Crippen molar-refractivity contribution in [1.82, 2.24) is 0 Å². The van der Waals surface area contributed by atoms with Crippen LogP contribution in [-0.4, -0.2) is 48.4 Å². The number of hydrogen-bond acceptors (Lipinski definition) is 7. The fourth-order valence-electron chi connectivity index (χ4n) is 4.14. The third kappa shape index (κ3) is 7.46. The molecule has 4 rings (SSSR count). The Morgan fingerprint density at radius 2 is 1.19 bits per heavy atom. The number of ether oxygens (including phenoxy) is 5. The van der Waals surface area contributed by atoms with Crippen LogP contribution in [0.5, 0.6) is 0 Å². The van der Waals surface area contributed by atoms with Crippen LogP contribution in [0.4, 0.5) is 0 Å².